The van der Waals surface area contributed by atoms with E-state index in [4.69, 9.17) is 0 Å². The third-order valence-corrected chi connectivity index (χ3v) is 2.30. The Balaban J connectivity index is 2.66. The third-order valence-electron chi connectivity index (χ3n) is 2.30. The monoisotopic (exact) mass is 127 g/mol. The van der Waals surface area contributed by atoms with Gasteiger partial charge in [-0.25, -0.2) is 0 Å². The van der Waals surface area contributed by atoms with Gasteiger partial charge in [0.25, 0.3) is 0 Å². The van der Waals surface area contributed by atoms with E-state index in [1.807, 2.05) is 14.0 Å². The lowest BCUT2D eigenvalue weighted by Crippen LogP contribution is -2.39. The van der Waals surface area contributed by atoms with Crippen molar-refractivity contribution in [3.05, 3.63) is 0 Å². The maximum absolute atomic E-state index is 10.5. The number of hydrogen-bond acceptors (Lipinski definition) is 2. The van der Waals surface area contributed by atoms with Gasteiger partial charge >= 0.3 is 0 Å². The molecule has 0 spiro atoms. The first-order chi connectivity index (χ1) is 4.19. The Morgan fingerprint density at radius 3 is 2.56 bits per heavy atom. The van der Waals surface area contributed by atoms with Gasteiger partial charge in [-0.3, -0.25) is 4.90 Å². The third kappa shape index (κ3) is 0.990. The van der Waals surface area contributed by atoms with Crippen LogP contribution in [-0.2, 0) is 4.79 Å². The van der Waals surface area contributed by atoms with E-state index in [1.165, 1.54) is 0 Å². The Morgan fingerprint density at radius 2 is 2.33 bits per heavy atom. The Kier molecular flexibility index (Phi) is 1.58. The summed E-state index contributed by atoms with van der Waals surface area (Å²) in [5.74, 6) is 0. The molecule has 0 unspecified atom stereocenters. The van der Waals surface area contributed by atoms with Gasteiger partial charge in [0.05, 0.1) is 5.54 Å². The van der Waals surface area contributed by atoms with Crippen molar-refractivity contribution in [2.75, 3.05) is 13.6 Å². The van der Waals surface area contributed by atoms with Crippen LogP contribution in [0.2, 0.25) is 0 Å². The van der Waals surface area contributed by atoms with Crippen LogP contribution >= 0.6 is 0 Å². The van der Waals surface area contributed by atoms with Gasteiger partial charge in [0.2, 0.25) is 0 Å². The molecule has 1 aliphatic rings. The molecule has 52 valence electrons. The normalized spacial score (nSPS) is 37.1. The minimum atomic E-state index is -0.153. The molecule has 0 aromatic carbocycles. The maximum atomic E-state index is 10.5. The maximum Gasteiger partial charge on any atom is 0.139 e. The Bertz CT molecular complexity index is 124. The van der Waals surface area contributed by atoms with E-state index in [2.05, 4.69) is 4.90 Å². The minimum Gasteiger partial charge on any atom is -0.301 e. The highest BCUT2D eigenvalue weighted by Gasteiger charge is 2.32. The van der Waals surface area contributed by atoms with E-state index in [-0.39, 0.29) is 5.54 Å². The number of rotatable bonds is 1. The summed E-state index contributed by atoms with van der Waals surface area (Å²) in [7, 11) is 2.00. The van der Waals surface area contributed by atoms with Crippen LogP contribution < -0.4 is 0 Å². The van der Waals surface area contributed by atoms with E-state index < -0.39 is 0 Å². The van der Waals surface area contributed by atoms with Crippen molar-refractivity contribution in [1.82, 2.24) is 4.90 Å². The molecule has 2 heteroatoms. The van der Waals surface area contributed by atoms with Crippen LogP contribution in [0.1, 0.15) is 19.8 Å². The van der Waals surface area contributed by atoms with Crippen LogP contribution in [0.15, 0.2) is 0 Å². The summed E-state index contributed by atoms with van der Waals surface area (Å²) < 4.78 is 0. The van der Waals surface area contributed by atoms with Gasteiger partial charge in [-0.2, -0.15) is 0 Å². The van der Waals surface area contributed by atoms with Crippen molar-refractivity contribution < 1.29 is 4.79 Å². The van der Waals surface area contributed by atoms with E-state index in [1.54, 1.807) is 0 Å². The molecule has 1 rings (SSSR count). The topological polar surface area (TPSA) is 20.3 Å². The molecular formula is C7H13NO. The fraction of sp³-hybridized carbons (Fsp3) is 0.857. The van der Waals surface area contributed by atoms with Crippen LogP contribution in [0.3, 0.4) is 0 Å². The Labute approximate surface area is 55.8 Å². The predicted octanol–water partition coefficient (Wildman–Crippen LogP) is 0.670. The first kappa shape index (κ1) is 6.75. The Morgan fingerprint density at radius 1 is 1.67 bits per heavy atom. The number of hydrogen-bond donors (Lipinski definition) is 0. The van der Waals surface area contributed by atoms with Crippen molar-refractivity contribution in [3.63, 3.8) is 0 Å². The molecule has 0 amide bonds. The minimum absolute atomic E-state index is 0.153. The van der Waals surface area contributed by atoms with Gasteiger partial charge in [-0.05, 0) is 33.4 Å². The zero-order valence-corrected chi connectivity index (χ0v) is 6.05. The molecule has 0 aromatic heterocycles. The predicted molar refractivity (Wildman–Crippen MR) is 36.3 cm³/mol. The largest absolute Gasteiger partial charge is 0.301 e. The summed E-state index contributed by atoms with van der Waals surface area (Å²) >= 11 is 0. The van der Waals surface area contributed by atoms with Gasteiger partial charge in [-0.1, -0.05) is 0 Å². The van der Waals surface area contributed by atoms with Crippen molar-refractivity contribution in [2.45, 2.75) is 25.3 Å². The molecule has 1 fully saturated rings. The quantitative estimate of drug-likeness (QED) is 0.482. The van der Waals surface area contributed by atoms with Crippen LogP contribution in [0.25, 0.3) is 0 Å². The molecule has 0 saturated carbocycles. The first-order valence-corrected chi connectivity index (χ1v) is 3.36. The SMILES string of the molecule is CN1CCC[C@@]1(C)C=O. The van der Waals surface area contributed by atoms with E-state index in [0.29, 0.717) is 0 Å². The fourth-order valence-electron chi connectivity index (χ4n) is 1.27. The second kappa shape index (κ2) is 2.10. The molecule has 1 heterocycles. The van der Waals surface area contributed by atoms with Gasteiger partial charge in [0, 0.05) is 0 Å². The van der Waals surface area contributed by atoms with Crippen molar-refractivity contribution in [2.24, 2.45) is 0 Å². The average molecular weight is 127 g/mol. The zero-order valence-electron chi connectivity index (χ0n) is 6.05. The van der Waals surface area contributed by atoms with Gasteiger partial charge in [-0.15, -0.1) is 0 Å². The Hall–Kier alpha value is -0.370. The number of aldehydes is 1. The van der Waals surface area contributed by atoms with E-state index >= 15 is 0 Å². The zero-order chi connectivity index (χ0) is 6.91. The molecule has 0 aliphatic carbocycles. The lowest BCUT2D eigenvalue weighted by molar-refractivity contribution is -0.115. The lowest BCUT2D eigenvalue weighted by atomic mass is 10.0. The summed E-state index contributed by atoms with van der Waals surface area (Å²) in [4.78, 5) is 12.6. The lowest BCUT2D eigenvalue weighted by Gasteiger charge is -2.24. The van der Waals surface area contributed by atoms with Crippen molar-refractivity contribution in [1.29, 1.82) is 0 Å². The highest BCUT2D eigenvalue weighted by Crippen LogP contribution is 2.24. The number of likely N-dealkylation sites (tertiary alicyclic amines) is 1. The average Bonchev–Trinajstić information content (AvgIpc) is 2.15. The number of likely N-dealkylation sites (N-methyl/N-ethyl adjacent to an activating group) is 1. The molecule has 0 aromatic rings. The summed E-state index contributed by atoms with van der Waals surface area (Å²) in [5.41, 5.74) is -0.153. The summed E-state index contributed by atoms with van der Waals surface area (Å²) in [5, 5.41) is 0. The van der Waals surface area contributed by atoms with E-state index in [9.17, 15) is 4.79 Å². The van der Waals surface area contributed by atoms with Crippen molar-refractivity contribution in [3.8, 4) is 0 Å². The molecular weight excluding hydrogens is 114 g/mol. The number of carbonyl (C=O) groups is 1. The van der Waals surface area contributed by atoms with Crippen molar-refractivity contribution >= 4 is 6.29 Å². The van der Waals surface area contributed by atoms with Crippen LogP contribution in [0.5, 0.6) is 0 Å². The fourth-order valence-corrected chi connectivity index (χ4v) is 1.27. The molecule has 0 bridgehead atoms. The standard InChI is InChI=1S/C7H13NO/c1-7(6-9)4-3-5-8(7)2/h6H,3-5H2,1-2H3/t7-/m0/s1. The van der Waals surface area contributed by atoms with Gasteiger partial charge in [0.1, 0.15) is 6.29 Å². The van der Waals surface area contributed by atoms with Gasteiger partial charge < -0.3 is 4.79 Å². The van der Waals surface area contributed by atoms with Gasteiger partial charge in [0.15, 0.2) is 0 Å². The highest BCUT2D eigenvalue weighted by molar-refractivity contribution is 5.63. The smallest absolute Gasteiger partial charge is 0.139 e. The summed E-state index contributed by atoms with van der Waals surface area (Å²) in [6.45, 7) is 3.06. The van der Waals surface area contributed by atoms with Crippen LogP contribution in [0.4, 0.5) is 0 Å². The number of nitrogens with zero attached hydrogens (tertiary/aromatic N) is 1. The molecule has 2 nitrogen and oxygen atoms in total. The van der Waals surface area contributed by atoms with Crippen LogP contribution in [-0.4, -0.2) is 30.3 Å². The molecule has 1 aliphatic heterocycles. The first-order valence-electron chi connectivity index (χ1n) is 3.36. The number of carbonyl (C=O) groups excluding carboxylic acids is 1. The second-order valence-electron chi connectivity index (χ2n) is 3.00. The molecule has 9 heavy (non-hydrogen) atoms. The molecule has 0 N–H and O–H groups in total. The molecule has 1 atom stereocenters. The second-order valence-corrected chi connectivity index (χ2v) is 3.00. The summed E-state index contributed by atoms with van der Waals surface area (Å²) in [6.07, 6.45) is 3.23. The van der Waals surface area contributed by atoms with E-state index in [0.717, 1.165) is 25.7 Å². The van der Waals surface area contributed by atoms with Crippen LogP contribution in [0, 0.1) is 0 Å². The summed E-state index contributed by atoms with van der Waals surface area (Å²) in [6, 6.07) is 0. The molecule has 1 saturated heterocycles. The molecule has 0 radical (unpaired) electrons. The highest BCUT2D eigenvalue weighted by atomic mass is 16.1.